The fourth-order valence-electron chi connectivity index (χ4n) is 2.04. The number of nitrogens with one attached hydrogen (secondary N) is 1. The molecule has 1 unspecified atom stereocenters. The van der Waals surface area contributed by atoms with Crippen molar-refractivity contribution in [1.29, 1.82) is 0 Å². The summed E-state index contributed by atoms with van der Waals surface area (Å²) in [5.41, 5.74) is 6.57. The molecule has 1 fully saturated rings. The summed E-state index contributed by atoms with van der Waals surface area (Å²) in [6.45, 7) is 8.72. The number of ether oxygens (including phenoxy) is 1. The Bertz CT molecular complexity index is 398. The van der Waals surface area contributed by atoms with Gasteiger partial charge in [-0.3, -0.25) is 4.90 Å². The maximum Gasteiger partial charge on any atom is 0.221 e. The van der Waals surface area contributed by atoms with Gasteiger partial charge in [-0.15, -0.1) is 0 Å². The lowest BCUT2D eigenvalue weighted by molar-refractivity contribution is -0.0192. The van der Waals surface area contributed by atoms with Crippen molar-refractivity contribution in [1.82, 2.24) is 14.9 Å². The van der Waals surface area contributed by atoms with Crippen molar-refractivity contribution in [2.24, 2.45) is 0 Å². The van der Waals surface area contributed by atoms with E-state index >= 15 is 0 Å². The summed E-state index contributed by atoms with van der Waals surface area (Å²) >= 11 is 0. The van der Waals surface area contributed by atoms with Crippen molar-refractivity contribution in [2.75, 3.05) is 43.8 Å². The Balaban J connectivity index is 1.89. The van der Waals surface area contributed by atoms with E-state index in [-0.39, 0.29) is 6.10 Å². The third-order valence-electron chi connectivity index (χ3n) is 3.16. The maximum absolute atomic E-state index is 5.72. The molecule has 6 heteroatoms. The van der Waals surface area contributed by atoms with Crippen LogP contribution in [0.4, 0.5) is 11.8 Å². The zero-order valence-electron chi connectivity index (χ0n) is 11.0. The van der Waals surface area contributed by atoms with Gasteiger partial charge in [0.25, 0.3) is 0 Å². The summed E-state index contributed by atoms with van der Waals surface area (Å²) < 4.78 is 5.72. The number of hydrogen-bond acceptors (Lipinski definition) is 6. The van der Waals surface area contributed by atoms with Crippen LogP contribution in [0.2, 0.25) is 0 Å². The summed E-state index contributed by atoms with van der Waals surface area (Å²) in [5, 5.41) is 3.29. The molecule has 100 valence electrons. The standard InChI is InChI=1S/C12H21N5O/c1-3-17-4-5-18-10(8-17)7-14-11-9(2)6-15-12(13)16-11/h6,10H,3-5,7-8H2,1-2H3,(H3,13,14,15,16). The van der Waals surface area contributed by atoms with Crippen LogP contribution in [0.5, 0.6) is 0 Å². The summed E-state index contributed by atoms with van der Waals surface area (Å²) in [6, 6.07) is 0. The van der Waals surface area contributed by atoms with E-state index in [0.717, 1.165) is 44.2 Å². The Morgan fingerprint density at radius 1 is 1.61 bits per heavy atom. The first kappa shape index (κ1) is 13.0. The summed E-state index contributed by atoms with van der Waals surface area (Å²) in [4.78, 5) is 10.5. The molecule has 0 spiro atoms. The van der Waals surface area contributed by atoms with Crippen LogP contribution in [0.25, 0.3) is 0 Å². The van der Waals surface area contributed by atoms with Crippen molar-refractivity contribution >= 4 is 11.8 Å². The molecule has 1 aliphatic heterocycles. The van der Waals surface area contributed by atoms with Gasteiger partial charge >= 0.3 is 0 Å². The van der Waals surface area contributed by atoms with E-state index in [1.807, 2.05) is 6.92 Å². The highest BCUT2D eigenvalue weighted by Crippen LogP contribution is 2.12. The molecule has 1 aromatic rings. The van der Waals surface area contributed by atoms with Crippen molar-refractivity contribution in [2.45, 2.75) is 20.0 Å². The minimum Gasteiger partial charge on any atom is -0.374 e. The molecular formula is C12H21N5O. The second-order valence-corrected chi connectivity index (χ2v) is 4.53. The van der Waals surface area contributed by atoms with Crippen LogP contribution in [0.1, 0.15) is 12.5 Å². The lowest BCUT2D eigenvalue weighted by Gasteiger charge is -2.32. The molecule has 0 amide bonds. The van der Waals surface area contributed by atoms with E-state index in [4.69, 9.17) is 10.5 Å². The molecule has 0 bridgehead atoms. The smallest absolute Gasteiger partial charge is 0.221 e. The number of nitrogen functional groups attached to an aromatic ring is 1. The Hall–Kier alpha value is -1.40. The predicted octanol–water partition coefficient (Wildman–Crippen LogP) is 0.500. The molecule has 2 rings (SSSR count). The van der Waals surface area contributed by atoms with Crippen LogP contribution in [0.15, 0.2) is 6.20 Å². The molecule has 0 saturated carbocycles. The lowest BCUT2D eigenvalue weighted by atomic mass is 10.2. The number of aromatic nitrogens is 2. The number of nitrogens with zero attached hydrogens (tertiary/aromatic N) is 3. The Labute approximate surface area is 108 Å². The first-order valence-electron chi connectivity index (χ1n) is 6.36. The second-order valence-electron chi connectivity index (χ2n) is 4.53. The van der Waals surface area contributed by atoms with Crippen LogP contribution in [-0.4, -0.2) is 53.8 Å². The Kier molecular flexibility index (Phi) is 4.33. The average molecular weight is 251 g/mol. The average Bonchev–Trinajstić information content (AvgIpc) is 2.40. The number of aryl methyl sites for hydroxylation is 1. The number of nitrogens with two attached hydrogens (primary N) is 1. The number of likely N-dealkylation sites (N-methyl/N-ethyl adjacent to an activating group) is 1. The molecule has 18 heavy (non-hydrogen) atoms. The maximum atomic E-state index is 5.72. The van der Waals surface area contributed by atoms with Gasteiger partial charge in [0.05, 0.1) is 12.7 Å². The highest BCUT2D eigenvalue weighted by molar-refractivity contribution is 5.45. The summed E-state index contributed by atoms with van der Waals surface area (Å²) in [5.74, 6) is 1.09. The van der Waals surface area contributed by atoms with Crippen LogP contribution in [0.3, 0.4) is 0 Å². The highest BCUT2D eigenvalue weighted by atomic mass is 16.5. The minimum atomic E-state index is 0.203. The quantitative estimate of drug-likeness (QED) is 0.811. The van der Waals surface area contributed by atoms with Gasteiger partial charge in [0, 0.05) is 31.4 Å². The van der Waals surface area contributed by atoms with E-state index in [0.29, 0.717) is 5.95 Å². The van der Waals surface area contributed by atoms with Gasteiger partial charge in [-0.05, 0) is 13.5 Å². The summed E-state index contributed by atoms with van der Waals surface area (Å²) in [6.07, 6.45) is 1.93. The molecule has 6 nitrogen and oxygen atoms in total. The van der Waals surface area contributed by atoms with E-state index in [1.165, 1.54) is 0 Å². The van der Waals surface area contributed by atoms with Gasteiger partial charge in [0.2, 0.25) is 5.95 Å². The zero-order chi connectivity index (χ0) is 13.0. The van der Waals surface area contributed by atoms with Crippen LogP contribution < -0.4 is 11.1 Å². The molecule has 1 aliphatic rings. The molecular weight excluding hydrogens is 230 g/mol. The van der Waals surface area contributed by atoms with Gasteiger partial charge in [-0.1, -0.05) is 6.92 Å². The lowest BCUT2D eigenvalue weighted by Crippen LogP contribution is -2.45. The minimum absolute atomic E-state index is 0.203. The molecule has 1 saturated heterocycles. The van der Waals surface area contributed by atoms with E-state index in [2.05, 4.69) is 27.1 Å². The van der Waals surface area contributed by atoms with Gasteiger partial charge < -0.3 is 15.8 Å². The zero-order valence-corrected chi connectivity index (χ0v) is 11.0. The van der Waals surface area contributed by atoms with Crippen molar-refractivity contribution in [3.05, 3.63) is 11.8 Å². The van der Waals surface area contributed by atoms with E-state index in [9.17, 15) is 0 Å². The third-order valence-corrected chi connectivity index (χ3v) is 3.16. The molecule has 3 N–H and O–H groups in total. The van der Waals surface area contributed by atoms with Gasteiger partial charge in [-0.25, -0.2) is 4.98 Å². The van der Waals surface area contributed by atoms with Crippen molar-refractivity contribution < 1.29 is 4.74 Å². The number of hydrogen-bond donors (Lipinski definition) is 2. The van der Waals surface area contributed by atoms with Gasteiger partial charge in [0.1, 0.15) is 5.82 Å². The highest BCUT2D eigenvalue weighted by Gasteiger charge is 2.19. The van der Waals surface area contributed by atoms with Gasteiger partial charge in [-0.2, -0.15) is 4.98 Å². The number of anilines is 2. The van der Waals surface area contributed by atoms with E-state index < -0.39 is 0 Å². The van der Waals surface area contributed by atoms with Crippen LogP contribution in [-0.2, 0) is 4.74 Å². The van der Waals surface area contributed by atoms with Crippen molar-refractivity contribution in [3.8, 4) is 0 Å². The SMILES string of the molecule is CCN1CCOC(CNc2nc(N)ncc2C)C1. The topological polar surface area (TPSA) is 76.3 Å². The van der Waals surface area contributed by atoms with Crippen molar-refractivity contribution in [3.63, 3.8) is 0 Å². The molecule has 1 atom stereocenters. The second kappa shape index (κ2) is 5.97. The normalized spacial score (nSPS) is 20.9. The van der Waals surface area contributed by atoms with Crippen LogP contribution in [0, 0.1) is 6.92 Å². The Morgan fingerprint density at radius 2 is 2.44 bits per heavy atom. The molecule has 0 radical (unpaired) electrons. The fourth-order valence-corrected chi connectivity index (χ4v) is 2.04. The molecule has 0 aliphatic carbocycles. The van der Waals surface area contributed by atoms with Gasteiger partial charge in [0.15, 0.2) is 0 Å². The monoisotopic (exact) mass is 251 g/mol. The number of morpholine rings is 1. The Morgan fingerprint density at radius 3 is 3.22 bits per heavy atom. The first-order chi connectivity index (χ1) is 8.69. The third kappa shape index (κ3) is 3.30. The molecule has 2 heterocycles. The first-order valence-corrected chi connectivity index (χ1v) is 6.36. The van der Waals surface area contributed by atoms with E-state index in [1.54, 1.807) is 6.20 Å². The number of rotatable bonds is 4. The predicted molar refractivity (Wildman–Crippen MR) is 71.5 cm³/mol. The fraction of sp³-hybridized carbons (Fsp3) is 0.667. The van der Waals surface area contributed by atoms with Crippen LogP contribution >= 0.6 is 0 Å². The molecule has 1 aromatic heterocycles. The molecule has 0 aromatic carbocycles. The largest absolute Gasteiger partial charge is 0.374 e. The summed E-state index contributed by atoms with van der Waals surface area (Å²) in [7, 11) is 0.